The average molecular weight is 179 g/mol. The van der Waals surface area contributed by atoms with Gasteiger partial charge in [0.25, 0.3) is 11.8 Å². The van der Waals surface area contributed by atoms with Gasteiger partial charge in [0, 0.05) is 7.05 Å². The van der Waals surface area contributed by atoms with Crippen LogP contribution in [0.4, 0.5) is 0 Å². The van der Waals surface area contributed by atoms with Gasteiger partial charge < -0.3 is 5.11 Å². The van der Waals surface area contributed by atoms with Crippen molar-refractivity contribution in [3.63, 3.8) is 0 Å². The normalized spacial score (nSPS) is 27.2. The van der Waals surface area contributed by atoms with Gasteiger partial charge in [-0.05, 0) is 6.42 Å². The van der Waals surface area contributed by atoms with Crippen molar-refractivity contribution in [3.8, 4) is 0 Å². The Balaban J connectivity index is 2.53. The number of carbonyl (C=O) groups excluding carboxylic acids is 2. The lowest BCUT2D eigenvalue weighted by Gasteiger charge is -2.12. The fraction of sp³-hybridized carbons (Fsp3) is 0.333. The Hall–Kier alpha value is -1.42. The van der Waals surface area contributed by atoms with Crippen LogP contribution in [0.15, 0.2) is 23.3 Å². The Kier molecular flexibility index (Phi) is 1.60. The number of carbonyl (C=O) groups is 2. The Labute approximate surface area is 75.1 Å². The molecule has 0 saturated carbocycles. The maximum atomic E-state index is 11.4. The number of hydrogen-bond acceptors (Lipinski definition) is 3. The molecule has 4 nitrogen and oxygen atoms in total. The molecule has 0 aromatic carbocycles. The second kappa shape index (κ2) is 2.53. The van der Waals surface area contributed by atoms with Gasteiger partial charge in [-0.25, -0.2) is 0 Å². The number of hydrogen-bond donors (Lipinski definition) is 1. The Morgan fingerprint density at radius 2 is 2.15 bits per heavy atom. The van der Waals surface area contributed by atoms with E-state index in [4.69, 9.17) is 0 Å². The third-order valence-corrected chi connectivity index (χ3v) is 2.34. The minimum Gasteiger partial charge on any atom is -0.388 e. The van der Waals surface area contributed by atoms with Gasteiger partial charge in [0.15, 0.2) is 0 Å². The monoisotopic (exact) mass is 179 g/mol. The number of rotatable bonds is 0. The van der Waals surface area contributed by atoms with Crippen LogP contribution in [0.5, 0.6) is 0 Å². The molecule has 13 heavy (non-hydrogen) atoms. The van der Waals surface area contributed by atoms with Crippen molar-refractivity contribution in [3.05, 3.63) is 23.3 Å². The van der Waals surface area contributed by atoms with Gasteiger partial charge in [-0.2, -0.15) is 0 Å². The lowest BCUT2D eigenvalue weighted by Crippen LogP contribution is -2.28. The third-order valence-electron chi connectivity index (χ3n) is 2.34. The fourth-order valence-electron chi connectivity index (χ4n) is 1.60. The number of nitrogens with zero attached hydrogens (tertiary/aromatic N) is 1. The number of aliphatic hydroxyl groups excluding tert-OH is 1. The van der Waals surface area contributed by atoms with Crippen LogP contribution in [0.2, 0.25) is 0 Å². The molecule has 0 spiro atoms. The summed E-state index contributed by atoms with van der Waals surface area (Å²) in [5.41, 5.74) is 0.584. The SMILES string of the molecule is CN1C(=O)C2=C(C1=O)C(O)CC=C2. The van der Waals surface area contributed by atoms with Gasteiger partial charge in [-0.3, -0.25) is 14.5 Å². The van der Waals surface area contributed by atoms with Gasteiger partial charge in [0.05, 0.1) is 17.3 Å². The maximum absolute atomic E-state index is 11.4. The van der Waals surface area contributed by atoms with Crippen LogP contribution < -0.4 is 0 Å². The van der Waals surface area contributed by atoms with Crippen LogP contribution in [0.25, 0.3) is 0 Å². The van der Waals surface area contributed by atoms with E-state index in [0.717, 1.165) is 4.90 Å². The highest BCUT2D eigenvalue weighted by molar-refractivity contribution is 6.21. The van der Waals surface area contributed by atoms with E-state index in [-0.39, 0.29) is 17.4 Å². The van der Waals surface area contributed by atoms with E-state index in [1.807, 2.05) is 0 Å². The lowest BCUT2D eigenvalue weighted by atomic mass is 9.97. The molecule has 2 rings (SSSR count). The molecule has 0 bridgehead atoms. The van der Waals surface area contributed by atoms with Gasteiger partial charge in [-0.15, -0.1) is 0 Å². The summed E-state index contributed by atoms with van der Waals surface area (Å²) in [6.07, 6.45) is 2.90. The second-order valence-corrected chi connectivity index (χ2v) is 3.15. The first kappa shape index (κ1) is 8.19. The van der Waals surface area contributed by atoms with Crippen LogP contribution in [0.3, 0.4) is 0 Å². The molecular formula is C9H9NO3. The van der Waals surface area contributed by atoms with E-state index in [1.165, 1.54) is 7.05 Å². The van der Waals surface area contributed by atoms with Crippen LogP contribution in [0, 0.1) is 0 Å². The Morgan fingerprint density at radius 3 is 2.77 bits per heavy atom. The van der Waals surface area contributed by atoms with E-state index in [1.54, 1.807) is 12.2 Å². The summed E-state index contributed by atoms with van der Waals surface area (Å²) >= 11 is 0. The zero-order valence-electron chi connectivity index (χ0n) is 7.15. The van der Waals surface area contributed by atoms with E-state index in [0.29, 0.717) is 12.0 Å². The average Bonchev–Trinajstić information content (AvgIpc) is 2.33. The summed E-state index contributed by atoms with van der Waals surface area (Å²) in [6, 6.07) is 0. The zero-order valence-corrected chi connectivity index (χ0v) is 7.15. The number of imide groups is 1. The number of amides is 2. The third kappa shape index (κ3) is 0.954. The van der Waals surface area contributed by atoms with Crippen molar-refractivity contribution in [1.29, 1.82) is 0 Å². The van der Waals surface area contributed by atoms with Gasteiger partial charge in [0.1, 0.15) is 0 Å². The summed E-state index contributed by atoms with van der Waals surface area (Å²) in [6.45, 7) is 0. The van der Waals surface area contributed by atoms with Crippen LogP contribution in [-0.2, 0) is 9.59 Å². The molecule has 0 aromatic rings. The summed E-state index contributed by atoms with van der Waals surface area (Å²) in [5, 5.41) is 9.48. The largest absolute Gasteiger partial charge is 0.388 e. The molecule has 1 unspecified atom stereocenters. The molecule has 1 heterocycles. The van der Waals surface area contributed by atoms with Gasteiger partial charge >= 0.3 is 0 Å². The predicted octanol–water partition coefficient (Wildman–Crippen LogP) is -0.398. The highest BCUT2D eigenvalue weighted by Gasteiger charge is 2.38. The van der Waals surface area contributed by atoms with E-state index in [2.05, 4.69) is 0 Å². The molecule has 0 radical (unpaired) electrons. The number of aliphatic hydroxyl groups is 1. The highest BCUT2D eigenvalue weighted by Crippen LogP contribution is 2.28. The summed E-state index contributed by atoms with van der Waals surface area (Å²) < 4.78 is 0. The first-order valence-electron chi connectivity index (χ1n) is 4.04. The lowest BCUT2D eigenvalue weighted by molar-refractivity contribution is -0.136. The molecule has 1 atom stereocenters. The molecule has 0 saturated heterocycles. The molecule has 4 heteroatoms. The number of likely N-dealkylation sites (N-methyl/N-ethyl adjacent to an activating group) is 1. The van der Waals surface area contributed by atoms with Crippen molar-refractivity contribution >= 4 is 11.8 Å². The summed E-state index contributed by atoms with van der Waals surface area (Å²) in [4.78, 5) is 23.8. The first-order valence-corrected chi connectivity index (χ1v) is 4.04. The van der Waals surface area contributed by atoms with Crippen LogP contribution in [0.1, 0.15) is 6.42 Å². The van der Waals surface area contributed by atoms with Gasteiger partial charge in [0.2, 0.25) is 0 Å². The minimum atomic E-state index is -0.818. The summed E-state index contributed by atoms with van der Waals surface area (Å²) in [7, 11) is 1.42. The Morgan fingerprint density at radius 1 is 1.46 bits per heavy atom. The molecular weight excluding hydrogens is 170 g/mol. The Bertz CT molecular complexity index is 354. The molecule has 2 amide bonds. The van der Waals surface area contributed by atoms with Crippen molar-refractivity contribution in [2.24, 2.45) is 0 Å². The molecule has 1 N–H and O–H groups in total. The quantitative estimate of drug-likeness (QED) is 0.515. The smallest absolute Gasteiger partial charge is 0.261 e. The second-order valence-electron chi connectivity index (χ2n) is 3.15. The molecule has 0 aromatic heterocycles. The topological polar surface area (TPSA) is 57.6 Å². The van der Waals surface area contributed by atoms with E-state index >= 15 is 0 Å². The first-order chi connectivity index (χ1) is 6.13. The van der Waals surface area contributed by atoms with E-state index < -0.39 is 6.10 Å². The molecule has 0 fully saturated rings. The van der Waals surface area contributed by atoms with E-state index in [9.17, 15) is 14.7 Å². The highest BCUT2D eigenvalue weighted by atomic mass is 16.3. The fourth-order valence-corrected chi connectivity index (χ4v) is 1.60. The summed E-state index contributed by atoms with van der Waals surface area (Å²) in [5.74, 6) is -0.702. The zero-order chi connectivity index (χ0) is 9.59. The minimum absolute atomic E-state index is 0.245. The molecule has 2 aliphatic rings. The van der Waals surface area contributed by atoms with Crippen molar-refractivity contribution in [2.75, 3.05) is 7.05 Å². The maximum Gasteiger partial charge on any atom is 0.261 e. The van der Waals surface area contributed by atoms with Crippen molar-refractivity contribution < 1.29 is 14.7 Å². The molecule has 1 aliphatic carbocycles. The predicted molar refractivity (Wildman–Crippen MR) is 44.6 cm³/mol. The van der Waals surface area contributed by atoms with Gasteiger partial charge in [-0.1, -0.05) is 12.2 Å². The molecule has 1 aliphatic heterocycles. The molecule has 68 valence electrons. The van der Waals surface area contributed by atoms with Crippen molar-refractivity contribution in [2.45, 2.75) is 12.5 Å². The van der Waals surface area contributed by atoms with Crippen LogP contribution >= 0.6 is 0 Å². The van der Waals surface area contributed by atoms with Crippen LogP contribution in [-0.4, -0.2) is 35.0 Å². The van der Waals surface area contributed by atoms with Crippen molar-refractivity contribution in [1.82, 2.24) is 4.90 Å². The standard InChI is InChI=1S/C9H9NO3/c1-10-8(12)5-3-2-4-6(11)7(5)9(10)13/h2-3,6,11H,4H2,1H3.